The molecule has 1 aromatic heterocycles. The SMILES string of the molecule is Cc1cc(C(=O)Nc2cn[nH]c(=O)c2)c(Oc2ccc(F)cc2C)cc1Cl. The van der Waals surface area contributed by atoms with Crippen molar-refractivity contribution in [1.82, 2.24) is 10.2 Å². The van der Waals surface area contributed by atoms with Crippen LogP contribution >= 0.6 is 11.6 Å². The van der Waals surface area contributed by atoms with Crippen LogP contribution in [0.4, 0.5) is 10.1 Å². The highest BCUT2D eigenvalue weighted by Crippen LogP contribution is 2.33. The van der Waals surface area contributed by atoms with Crippen molar-refractivity contribution in [1.29, 1.82) is 0 Å². The lowest BCUT2D eigenvalue weighted by Gasteiger charge is -2.14. The van der Waals surface area contributed by atoms with E-state index in [2.05, 4.69) is 15.5 Å². The van der Waals surface area contributed by atoms with Gasteiger partial charge in [-0.15, -0.1) is 0 Å². The first-order chi connectivity index (χ1) is 12.8. The number of hydrogen-bond acceptors (Lipinski definition) is 4. The molecule has 0 radical (unpaired) electrons. The first kappa shape index (κ1) is 18.6. The highest BCUT2D eigenvalue weighted by Gasteiger charge is 2.17. The second-order valence-corrected chi connectivity index (χ2v) is 6.30. The quantitative estimate of drug-likeness (QED) is 0.701. The lowest BCUT2D eigenvalue weighted by atomic mass is 10.1. The number of aromatic amines is 1. The van der Waals surface area contributed by atoms with E-state index in [4.69, 9.17) is 16.3 Å². The number of hydrogen-bond donors (Lipinski definition) is 2. The van der Waals surface area contributed by atoms with Gasteiger partial charge in [0.2, 0.25) is 0 Å². The Morgan fingerprint density at radius 2 is 1.93 bits per heavy atom. The second kappa shape index (κ2) is 7.59. The molecular formula is C19H15ClFN3O3. The van der Waals surface area contributed by atoms with Crippen LogP contribution in [-0.4, -0.2) is 16.1 Å². The van der Waals surface area contributed by atoms with Gasteiger partial charge in [0.25, 0.3) is 11.5 Å². The van der Waals surface area contributed by atoms with Gasteiger partial charge in [-0.1, -0.05) is 11.6 Å². The number of carbonyl (C=O) groups excluding carboxylic acids is 1. The van der Waals surface area contributed by atoms with E-state index in [9.17, 15) is 14.0 Å². The maximum absolute atomic E-state index is 13.3. The molecule has 0 aliphatic rings. The number of carbonyl (C=O) groups is 1. The molecule has 0 atom stereocenters. The van der Waals surface area contributed by atoms with Crippen LogP contribution < -0.4 is 15.6 Å². The summed E-state index contributed by atoms with van der Waals surface area (Å²) in [5.41, 5.74) is 1.24. The number of halogens is 2. The molecule has 0 unspecified atom stereocenters. The van der Waals surface area contributed by atoms with Crippen molar-refractivity contribution in [3.63, 3.8) is 0 Å². The summed E-state index contributed by atoms with van der Waals surface area (Å²) in [6.45, 7) is 3.44. The molecule has 0 fully saturated rings. The summed E-state index contributed by atoms with van der Waals surface area (Å²) in [5, 5.41) is 8.87. The van der Waals surface area contributed by atoms with Gasteiger partial charge in [-0.25, -0.2) is 9.49 Å². The molecular weight excluding hydrogens is 373 g/mol. The maximum Gasteiger partial charge on any atom is 0.266 e. The predicted octanol–water partition coefficient (Wildman–Crippen LogP) is 4.22. The van der Waals surface area contributed by atoms with Gasteiger partial charge >= 0.3 is 0 Å². The fourth-order valence-corrected chi connectivity index (χ4v) is 2.57. The molecule has 0 bridgehead atoms. The zero-order valence-electron chi connectivity index (χ0n) is 14.5. The van der Waals surface area contributed by atoms with E-state index in [0.29, 0.717) is 21.9 Å². The minimum absolute atomic E-state index is 0.204. The number of aromatic nitrogens is 2. The van der Waals surface area contributed by atoms with E-state index in [0.717, 1.165) is 0 Å². The molecule has 3 rings (SSSR count). The van der Waals surface area contributed by atoms with Gasteiger partial charge in [0, 0.05) is 17.2 Å². The van der Waals surface area contributed by atoms with Gasteiger partial charge < -0.3 is 10.1 Å². The van der Waals surface area contributed by atoms with Crippen molar-refractivity contribution < 1.29 is 13.9 Å². The predicted molar refractivity (Wildman–Crippen MR) is 100 cm³/mol. The second-order valence-electron chi connectivity index (χ2n) is 5.90. The van der Waals surface area contributed by atoms with Gasteiger partial charge in [-0.05, 0) is 49.2 Å². The van der Waals surface area contributed by atoms with Crippen molar-refractivity contribution in [2.75, 3.05) is 5.32 Å². The van der Waals surface area contributed by atoms with Crippen LogP contribution in [0.5, 0.6) is 11.5 Å². The number of rotatable bonds is 4. The number of amides is 1. The van der Waals surface area contributed by atoms with Crippen molar-refractivity contribution in [3.05, 3.63) is 80.5 Å². The van der Waals surface area contributed by atoms with Crippen LogP contribution in [0, 0.1) is 19.7 Å². The number of nitrogens with zero attached hydrogens (tertiary/aromatic N) is 1. The van der Waals surface area contributed by atoms with Crippen molar-refractivity contribution in [2.45, 2.75) is 13.8 Å². The molecule has 6 nitrogen and oxygen atoms in total. The van der Waals surface area contributed by atoms with Gasteiger partial charge in [0.05, 0.1) is 17.4 Å². The molecule has 3 aromatic rings. The fraction of sp³-hybridized carbons (Fsp3) is 0.105. The van der Waals surface area contributed by atoms with Crippen molar-refractivity contribution >= 4 is 23.2 Å². The Labute approximate surface area is 159 Å². The summed E-state index contributed by atoms with van der Waals surface area (Å²) in [6.07, 6.45) is 1.31. The van der Waals surface area contributed by atoms with Crippen LogP contribution in [-0.2, 0) is 0 Å². The first-order valence-corrected chi connectivity index (χ1v) is 8.31. The molecule has 0 spiro atoms. The number of H-pyrrole nitrogens is 1. The maximum atomic E-state index is 13.3. The summed E-state index contributed by atoms with van der Waals surface area (Å²) in [6, 6.07) is 8.36. The van der Waals surface area contributed by atoms with Gasteiger partial charge in [-0.2, -0.15) is 5.10 Å². The van der Waals surface area contributed by atoms with E-state index in [-0.39, 0.29) is 22.8 Å². The largest absolute Gasteiger partial charge is 0.456 e. The molecule has 1 amide bonds. The summed E-state index contributed by atoms with van der Waals surface area (Å²) in [4.78, 5) is 24.0. The first-order valence-electron chi connectivity index (χ1n) is 7.94. The Morgan fingerprint density at radius 1 is 1.15 bits per heavy atom. The van der Waals surface area contributed by atoms with Crippen molar-refractivity contribution in [3.8, 4) is 11.5 Å². The Morgan fingerprint density at radius 3 is 2.63 bits per heavy atom. The zero-order chi connectivity index (χ0) is 19.6. The van der Waals surface area contributed by atoms with Gasteiger partial charge in [-0.3, -0.25) is 9.59 Å². The third-order valence-corrected chi connectivity index (χ3v) is 4.19. The Bertz CT molecular complexity index is 1080. The fourth-order valence-electron chi connectivity index (χ4n) is 2.41. The van der Waals surface area contributed by atoms with E-state index >= 15 is 0 Å². The number of aryl methyl sites for hydroxylation is 2. The minimum Gasteiger partial charge on any atom is -0.456 e. The van der Waals surface area contributed by atoms with E-state index in [1.54, 1.807) is 19.9 Å². The third-order valence-electron chi connectivity index (χ3n) is 3.79. The Hall–Kier alpha value is -3.19. The normalized spacial score (nSPS) is 10.5. The number of benzene rings is 2. The number of nitrogens with one attached hydrogen (secondary N) is 2. The number of ether oxygens (including phenoxy) is 1. The molecule has 8 heteroatoms. The van der Waals surface area contributed by atoms with E-state index < -0.39 is 11.5 Å². The Kier molecular flexibility index (Phi) is 5.23. The Balaban J connectivity index is 1.97. The number of anilines is 1. The summed E-state index contributed by atoms with van der Waals surface area (Å²) in [7, 11) is 0. The van der Waals surface area contributed by atoms with Crippen molar-refractivity contribution in [2.24, 2.45) is 0 Å². The average molecular weight is 388 g/mol. The lowest BCUT2D eigenvalue weighted by molar-refractivity contribution is 0.102. The van der Waals surface area contributed by atoms with Crippen LogP contribution in [0.1, 0.15) is 21.5 Å². The topological polar surface area (TPSA) is 84.1 Å². The van der Waals surface area contributed by atoms with Gasteiger partial charge in [0.15, 0.2) is 0 Å². The summed E-state index contributed by atoms with van der Waals surface area (Å²) in [5.74, 6) is -0.294. The lowest BCUT2D eigenvalue weighted by Crippen LogP contribution is -2.16. The molecule has 0 aliphatic heterocycles. The summed E-state index contributed by atoms with van der Waals surface area (Å²) < 4.78 is 19.1. The standard InChI is InChI=1S/C19H15ClFN3O3/c1-10-6-14(19(26)23-13-7-18(25)24-22-9-13)17(8-15(10)20)27-16-4-3-12(21)5-11(16)2/h3-9H,1-2H3,(H2,23,24,25,26). The van der Waals surface area contributed by atoms with Crippen LogP contribution in [0.15, 0.2) is 47.4 Å². The summed E-state index contributed by atoms with van der Waals surface area (Å²) >= 11 is 6.18. The highest BCUT2D eigenvalue weighted by molar-refractivity contribution is 6.31. The smallest absolute Gasteiger partial charge is 0.266 e. The molecule has 27 heavy (non-hydrogen) atoms. The van der Waals surface area contributed by atoms with Gasteiger partial charge in [0.1, 0.15) is 17.3 Å². The average Bonchev–Trinajstić information content (AvgIpc) is 2.60. The molecule has 0 saturated carbocycles. The zero-order valence-corrected chi connectivity index (χ0v) is 15.2. The highest BCUT2D eigenvalue weighted by atomic mass is 35.5. The molecule has 138 valence electrons. The van der Waals surface area contributed by atoms with Crippen LogP contribution in [0.2, 0.25) is 5.02 Å². The molecule has 0 aliphatic carbocycles. The minimum atomic E-state index is -0.503. The van der Waals surface area contributed by atoms with Crippen LogP contribution in [0.3, 0.4) is 0 Å². The monoisotopic (exact) mass is 387 g/mol. The van der Waals surface area contributed by atoms with Crippen LogP contribution in [0.25, 0.3) is 0 Å². The van der Waals surface area contributed by atoms with E-state index in [1.165, 1.54) is 36.5 Å². The third kappa shape index (κ3) is 4.32. The molecule has 2 aromatic carbocycles. The molecule has 1 heterocycles. The van der Waals surface area contributed by atoms with E-state index in [1.807, 2.05) is 0 Å². The molecule has 0 saturated heterocycles. The molecule has 2 N–H and O–H groups in total.